The summed E-state index contributed by atoms with van der Waals surface area (Å²) in [6.07, 6.45) is 7.45. The van der Waals surface area contributed by atoms with Gasteiger partial charge >= 0.3 is 0 Å². The van der Waals surface area contributed by atoms with Gasteiger partial charge in [-0.25, -0.2) is 0 Å². The average molecular weight is 408 g/mol. The fraction of sp³-hybridized carbons (Fsp3) is 0.733. The lowest BCUT2D eigenvalue weighted by atomic mass is 10.0. The number of halogens is 1. The summed E-state index contributed by atoms with van der Waals surface area (Å²) in [5, 5.41) is 9.21. The third-order valence-corrected chi connectivity index (χ3v) is 3.41. The Bertz CT molecular complexity index is 328. The molecule has 0 unspecified atom stereocenters. The first-order valence-corrected chi connectivity index (χ1v) is 7.66. The van der Waals surface area contributed by atoms with E-state index in [-0.39, 0.29) is 29.9 Å². The SMILES string of the molecule is C=CCNC(=NCCNC(=O)CC1CCCC1)NCC.I. The van der Waals surface area contributed by atoms with E-state index >= 15 is 0 Å². The zero-order chi connectivity index (χ0) is 14.6. The molecule has 3 N–H and O–H groups in total. The van der Waals surface area contributed by atoms with Gasteiger partial charge in [-0.3, -0.25) is 9.79 Å². The molecule has 0 aromatic heterocycles. The molecule has 21 heavy (non-hydrogen) atoms. The number of nitrogens with one attached hydrogen (secondary N) is 3. The highest BCUT2D eigenvalue weighted by Crippen LogP contribution is 2.27. The molecule has 1 rings (SSSR count). The molecule has 0 heterocycles. The first-order valence-electron chi connectivity index (χ1n) is 7.66. The van der Waals surface area contributed by atoms with Gasteiger partial charge in [0.2, 0.25) is 5.91 Å². The van der Waals surface area contributed by atoms with Crippen molar-refractivity contribution >= 4 is 35.8 Å². The van der Waals surface area contributed by atoms with Crippen molar-refractivity contribution in [1.82, 2.24) is 16.0 Å². The summed E-state index contributed by atoms with van der Waals surface area (Å²) < 4.78 is 0. The van der Waals surface area contributed by atoms with E-state index in [1.165, 1.54) is 25.7 Å². The largest absolute Gasteiger partial charge is 0.357 e. The Labute approximate surface area is 145 Å². The van der Waals surface area contributed by atoms with E-state index in [1.807, 2.05) is 6.92 Å². The Morgan fingerprint density at radius 1 is 1.29 bits per heavy atom. The van der Waals surface area contributed by atoms with E-state index < -0.39 is 0 Å². The zero-order valence-electron chi connectivity index (χ0n) is 13.0. The van der Waals surface area contributed by atoms with Crippen LogP contribution in [0.15, 0.2) is 17.6 Å². The van der Waals surface area contributed by atoms with Crippen LogP contribution in [0, 0.1) is 5.92 Å². The molecule has 1 saturated carbocycles. The quantitative estimate of drug-likeness (QED) is 0.189. The predicted molar refractivity (Wildman–Crippen MR) is 99.2 cm³/mol. The Morgan fingerprint density at radius 2 is 2.00 bits per heavy atom. The minimum absolute atomic E-state index is 0. The van der Waals surface area contributed by atoms with E-state index in [2.05, 4.69) is 27.5 Å². The Kier molecular flexibility index (Phi) is 12.4. The molecule has 1 aliphatic carbocycles. The Morgan fingerprint density at radius 3 is 2.62 bits per heavy atom. The monoisotopic (exact) mass is 408 g/mol. The van der Waals surface area contributed by atoms with Crippen LogP contribution in [-0.4, -0.2) is 38.0 Å². The maximum atomic E-state index is 11.7. The minimum Gasteiger partial charge on any atom is -0.357 e. The van der Waals surface area contributed by atoms with Gasteiger partial charge in [-0.1, -0.05) is 18.9 Å². The number of carbonyl (C=O) groups excluding carboxylic acids is 1. The van der Waals surface area contributed by atoms with Crippen molar-refractivity contribution in [3.8, 4) is 0 Å². The first-order chi connectivity index (χ1) is 9.76. The van der Waals surface area contributed by atoms with Crippen molar-refractivity contribution in [3.63, 3.8) is 0 Å². The van der Waals surface area contributed by atoms with Crippen LogP contribution >= 0.6 is 24.0 Å². The van der Waals surface area contributed by atoms with Gasteiger partial charge in [0.05, 0.1) is 6.54 Å². The van der Waals surface area contributed by atoms with Crippen molar-refractivity contribution < 1.29 is 4.79 Å². The number of hydrogen-bond acceptors (Lipinski definition) is 2. The molecule has 0 saturated heterocycles. The number of guanidine groups is 1. The number of aliphatic imine (C=N–C) groups is 1. The number of carbonyl (C=O) groups is 1. The molecule has 6 heteroatoms. The van der Waals surface area contributed by atoms with Gasteiger partial charge in [-0.2, -0.15) is 0 Å². The third-order valence-electron chi connectivity index (χ3n) is 3.41. The lowest BCUT2D eigenvalue weighted by Crippen LogP contribution is -2.38. The summed E-state index contributed by atoms with van der Waals surface area (Å²) in [5.74, 6) is 1.53. The van der Waals surface area contributed by atoms with Crippen LogP contribution < -0.4 is 16.0 Å². The van der Waals surface area contributed by atoms with E-state index in [1.54, 1.807) is 6.08 Å². The molecular formula is C15H29IN4O. The van der Waals surface area contributed by atoms with Gasteiger partial charge in [0.15, 0.2) is 5.96 Å². The van der Waals surface area contributed by atoms with Crippen LogP contribution in [0.4, 0.5) is 0 Å². The van der Waals surface area contributed by atoms with Crippen LogP contribution in [0.3, 0.4) is 0 Å². The average Bonchev–Trinajstić information content (AvgIpc) is 2.93. The van der Waals surface area contributed by atoms with Crippen molar-refractivity contribution in [1.29, 1.82) is 0 Å². The summed E-state index contributed by atoms with van der Waals surface area (Å²) in [4.78, 5) is 16.1. The fourth-order valence-electron chi connectivity index (χ4n) is 2.42. The second-order valence-electron chi connectivity index (χ2n) is 5.13. The summed E-state index contributed by atoms with van der Waals surface area (Å²) in [7, 11) is 0. The van der Waals surface area contributed by atoms with Crippen molar-refractivity contribution in [2.75, 3.05) is 26.2 Å². The number of rotatable bonds is 8. The molecule has 1 fully saturated rings. The van der Waals surface area contributed by atoms with Crippen molar-refractivity contribution in [2.24, 2.45) is 10.9 Å². The summed E-state index contributed by atoms with van der Waals surface area (Å²) in [6, 6.07) is 0. The highest BCUT2D eigenvalue weighted by molar-refractivity contribution is 14.0. The molecule has 5 nitrogen and oxygen atoms in total. The van der Waals surface area contributed by atoms with Crippen molar-refractivity contribution in [2.45, 2.75) is 39.0 Å². The normalized spacial score (nSPS) is 15.2. The minimum atomic E-state index is 0. The highest BCUT2D eigenvalue weighted by atomic mass is 127. The van der Waals surface area contributed by atoms with Gasteiger partial charge < -0.3 is 16.0 Å². The molecule has 0 aliphatic heterocycles. The standard InChI is InChI=1S/C15H28N4O.HI/c1-3-9-18-15(16-4-2)19-11-10-17-14(20)12-13-7-5-6-8-13;/h3,13H,1,4-12H2,2H3,(H,17,20)(H2,16,18,19);1H. The molecule has 0 atom stereocenters. The molecule has 0 aromatic carbocycles. The topological polar surface area (TPSA) is 65.5 Å². The molecule has 1 amide bonds. The molecule has 0 bridgehead atoms. The molecule has 0 radical (unpaired) electrons. The lowest BCUT2D eigenvalue weighted by Gasteiger charge is -2.10. The van der Waals surface area contributed by atoms with Crippen LogP contribution in [0.25, 0.3) is 0 Å². The number of nitrogens with zero attached hydrogens (tertiary/aromatic N) is 1. The lowest BCUT2D eigenvalue weighted by molar-refractivity contribution is -0.121. The van der Waals surface area contributed by atoms with Crippen LogP contribution in [0.2, 0.25) is 0 Å². The van der Waals surface area contributed by atoms with E-state index in [9.17, 15) is 4.79 Å². The maximum absolute atomic E-state index is 11.7. The van der Waals surface area contributed by atoms with Gasteiger partial charge in [-0.15, -0.1) is 30.6 Å². The molecule has 1 aliphatic rings. The summed E-state index contributed by atoms with van der Waals surface area (Å²) >= 11 is 0. The molecule has 0 spiro atoms. The van der Waals surface area contributed by atoms with E-state index in [0.29, 0.717) is 32.0 Å². The van der Waals surface area contributed by atoms with E-state index in [4.69, 9.17) is 0 Å². The van der Waals surface area contributed by atoms with Crippen LogP contribution in [0.5, 0.6) is 0 Å². The second kappa shape index (κ2) is 12.9. The van der Waals surface area contributed by atoms with Crippen LogP contribution in [-0.2, 0) is 4.79 Å². The third kappa shape index (κ3) is 9.71. The highest BCUT2D eigenvalue weighted by Gasteiger charge is 2.17. The smallest absolute Gasteiger partial charge is 0.220 e. The predicted octanol–water partition coefficient (Wildman–Crippen LogP) is 2.04. The molecular weight excluding hydrogens is 379 g/mol. The molecule has 0 aromatic rings. The van der Waals surface area contributed by atoms with Crippen LogP contribution in [0.1, 0.15) is 39.0 Å². The van der Waals surface area contributed by atoms with Gasteiger partial charge in [0.25, 0.3) is 0 Å². The zero-order valence-corrected chi connectivity index (χ0v) is 15.3. The van der Waals surface area contributed by atoms with Gasteiger partial charge in [0.1, 0.15) is 0 Å². The number of hydrogen-bond donors (Lipinski definition) is 3. The summed E-state index contributed by atoms with van der Waals surface area (Å²) in [6.45, 7) is 8.36. The first kappa shape index (κ1) is 20.2. The fourth-order valence-corrected chi connectivity index (χ4v) is 2.42. The maximum Gasteiger partial charge on any atom is 0.220 e. The van der Waals surface area contributed by atoms with E-state index in [0.717, 1.165) is 12.5 Å². The Hall–Kier alpha value is -0.790. The number of amides is 1. The second-order valence-corrected chi connectivity index (χ2v) is 5.13. The Balaban J connectivity index is 0.00000400. The summed E-state index contributed by atoms with van der Waals surface area (Å²) in [5.41, 5.74) is 0. The van der Waals surface area contributed by atoms with Gasteiger partial charge in [0, 0.05) is 26.1 Å². The van der Waals surface area contributed by atoms with Gasteiger partial charge in [-0.05, 0) is 25.7 Å². The molecule has 122 valence electrons. The van der Waals surface area contributed by atoms with Crippen molar-refractivity contribution in [3.05, 3.63) is 12.7 Å².